The third-order valence-electron chi connectivity index (χ3n) is 3.83. The van der Waals surface area contributed by atoms with Crippen LogP contribution in [0.4, 0.5) is 16.4 Å². The lowest BCUT2D eigenvalue weighted by atomic mass is 10.1. The number of ether oxygens (including phenoxy) is 1. The molecule has 0 fully saturated rings. The number of carbonyl (C=O) groups excluding carboxylic acids is 1. The third-order valence-corrected chi connectivity index (χ3v) is 3.83. The van der Waals surface area contributed by atoms with E-state index < -0.39 is 0 Å². The van der Waals surface area contributed by atoms with Gasteiger partial charge in [0.05, 0.1) is 18.7 Å². The zero-order valence-electron chi connectivity index (χ0n) is 14.3. The second kappa shape index (κ2) is 7.08. The number of hydrogen-bond donors (Lipinski definition) is 4. The van der Waals surface area contributed by atoms with E-state index >= 15 is 0 Å². The largest absolute Gasteiger partial charge is 0.479 e. The molecule has 25 heavy (non-hydrogen) atoms. The molecule has 2 amide bonds. The smallest absolute Gasteiger partial charge is 0.320 e. The van der Waals surface area contributed by atoms with Crippen LogP contribution in [0.3, 0.4) is 0 Å². The Kier molecular flexibility index (Phi) is 4.69. The zero-order valence-corrected chi connectivity index (χ0v) is 14.3. The zero-order chi connectivity index (χ0) is 17.8. The molecule has 4 N–H and O–H groups in total. The summed E-state index contributed by atoms with van der Waals surface area (Å²) >= 11 is 0. The van der Waals surface area contributed by atoms with Gasteiger partial charge in [-0.2, -0.15) is 0 Å². The van der Waals surface area contributed by atoms with Crippen molar-refractivity contribution in [1.29, 1.82) is 0 Å². The fraction of sp³-hybridized carbons (Fsp3) is 0.235. The summed E-state index contributed by atoms with van der Waals surface area (Å²) in [6.07, 6.45) is 0. The van der Waals surface area contributed by atoms with E-state index in [-0.39, 0.29) is 12.1 Å². The minimum absolute atomic E-state index is 0.124. The molecule has 0 aliphatic rings. The van der Waals surface area contributed by atoms with Crippen molar-refractivity contribution in [3.05, 3.63) is 42.0 Å². The van der Waals surface area contributed by atoms with Crippen molar-refractivity contribution >= 4 is 28.6 Å². The van der Waals surface area contributed by atoms with Crippen LogP contribution in [0, 0.1) is 0 Å². The van der Waals surface area contributed by atoms with Crippen molar-refractivity contribution in [2.45, 2.75) is 13.0 Å². The minimum Gasteiger partial charge on any atom is -0.479 e. The van der Waals surface area contributed by atoms with E-state index in [2.05, 4.69) is 31.1 Å². The second-order valence-electron chi connectivity index (χ2n) is 5.49. The highest BCUT2D eigenvalue weighted by Gasteiger charge is 2.15. The van der Waals surface area contributed by atoms with Gasteiger partial charge in [0.15, 0.2) is 0 Å². The Balaban J connectivity index is 1.77. The molecule has 0 bridgehead atoms. The van der Waals surface area contributed by atoms with E-state index in [1.165, 1.54) is 0 Å². The molecule has 0 aliphatic carbocycles. The number of urea groups is 1. The third kappa shape index (κ3) is 3.47. The van der Waals surface area contributed by atoms with Gasteiger partial charge in [-0.3, -0.25) is 10.4 Å². The van der Waals surface area contributed by atoms with Gasteiger partial charge in [-0.1, -0.05) is 30.3 Å². The molecule has 8 heteroatoms. The van der Waals surface area contributed by atoms with Gasteiger partial charge in [-0.15, -0.1) is 5.10 Å². The van der Waals surface area contributed by atoms with Gasteiger partial charge >= 0.3 is 6.03 Å². The molecule has 130 valence electrons. The summed E-state index contributed by atoms with van der Waals surface area (Å²) < 4.78 is 5.21. The van der Waals surface area contributed by atoms with Crippen LogP contribution in [0.5, 0.6) is 5.88 Å². The first-order valence-electron chi connectivity index (χ1n) is 7.85. The van der Waals surface area contributed by atoms with Gasteiger partial charge in [0.1, 0.15) is 17.0 Å². The highest BCUT2D eigenvalue weighted by Crippen LogP contribution is 2.30. The van der Waals surface area contributed by atoms with Crippen LogP contribution < -0.4 is 20.7 Å². The maximum Gasteiger partial charge on any atom is 0.320 e. The number of nitrogens with one attached hydrogen (secondary N) is 4. The van der Waals surface area contributed by atoms with Gasteiger partial charge in [0, 0.05) is 13.1 Å². The van der Waals surface area contributed by atoms with Gasteiger partial charge in [0.25, 0.3) is 0 Å². The van der Waals surface area contributed by atoms with Crippen molar-refractivity contribution in [2.75, 3.05) is 24.8 Å². The molecule has 8 nitrogen and oxygen atoms in total. The molecule has 2 heterocycles. The lowest BCUT2D eigenvalue weighted by Gasteiger charge is -2.15. The van der Waals surface area contributed by atoms with E-state index in [1.807, 2.05) is 37.3 Å². The lowest BCUT2D eigenvalue weighted by molar-refractivity contribution is 0.249. The maximum atomic E-state index is 12.3. The Bertz CT molecular complexity index is 877. The first-order valence-corrected chi connectivity index (χ1v) is 7.85. The van der Waals surface area contributed by atoms with E-state index in [0.717, 1.165) is 10.9 Å². The average Bonchev–Trinajstić information content (AvgIpc) is 3.04. The number of H-pyrrole nitrogens is 1. The Hall–Kier alpha value is -3.29. The van der Waals surface area contributed by atoms with E-state index in [4.69, 9.17) is 4.74 Å². The Morgan fingerprint density at radius 3 is 2.72 bits per heavy atom. The number of fused-ring (bicyclic) bond motifs is 1. The summed E-state index contributed by atoms with van der Waals surface area (Å²) in [5, 5.41) is 16.3. The summed E-state index contributed by atoms with van der Waals surface area (Å²) in [7, 11) is 3.29. The molecule has 0 saturated heterocycles. The summed E-state index contributed by atoms with van der Waals surface area (Å²) in [5.41, 5.74) is 1.73. The highest BCUT2D eigenvalue weighted by atomic mass is 16.5. The Labute approximate surface area is 145 Å². The fourth-order valence-electron chi connectivity index (χ4n) is 2.58. The van der Waals surface area contributed by atoms with Crippen molar-refractivity contribution in [3.63, 3.8) is 0 Å². The molecule has 0 saturated carbocycles. The number of aromatic nitrogens is 3. The number of aromatic amines is 1. The standard InChI is InChI=1S/C17H20N6O2/c1-10(11-7-5-4-6-8-11)19-17(24)21-13-9-12-14(15(18-2)20-13)16(25-3)23-22-12/h4-10H,1-3H3,(H,22,23)(H3,18,19,20,21,24)/t10-/m1/s1. The normalized spacial score (nSPS) is 11.8. The van der Waals surface area contributed by atoms with Crippen LogP contribution in [0.25, 0.3) is 10.9 Å². The van der Waals surface area contributed by atoms with Gasteiger partial charge < -0.3 is 15.4 Å². The summed E-state index contributed by atoms with van der Waals surface area (Å²) in [6, 6.07) is 11.0. The van der Waals surface area contributed by atoms with Crippen LogP contribution >= 0.6 is 0 Å². The van der Waals surface area contributed by atoms with Gasteiger partial charge in [0.2, 0.25) is 5.88 Å². The SMILES string of the molecule is CNc1nc(NC(=O)N[C@H](C)c2ccccc2)cc2[nH]nc(OC)c12. The molecule has 0 spiro atoms. The number of hydrogen-bond acceptors (Lipinski definition) is 5. The topological polar surface area (TPSA) is 104 Å². The van der Waals surface area contributed by atoms with Crippen LogP contribution in [0.2, 0.25) is 0 Å². The minimum atomic E-state index is -0.336. The monoisotopic (exact) mass is 340 g/mol. The molecule has 3 rings (SSSR count). The van der Waals surface area contributed by atoms with Crippen LogP contribution in [-0.4, -0.2) is 35.4 Å². The molecule has 0 radical (unpaired) electrons. The maximum absolute atomic E-state index is 12.3. The highest BCUT2D eigenvalue weighted by molar-refractivity contribution is 5.98. The summed E-state index contributed by atoms with van der Waals surface area (Å²) in [5.74, 6) is 1.41. The van der Waals surface area contributed by atoms with Crippen molar-refractivity contribution in [1.82, 2.24) is 20.5 Å². The number of pyridine rings is 1. The average molecular weight is 340 g/mol. The molecule has 0 unspecified atom stereocenters. The molecule has 2 aromatic heterocycles. The first-order chi connectivity index (χ1) is 12.1. The van der Waals surface area contributed by atoms with Crippen molar-refractivity contribution in [3.8, 4) is 5.88 Å². The van der Waals surface area contributed by atoms with Crippen LogP contribution in [-0.2, 0) is 0 Å². The van der Waals surface area contributed by atoms with Crippen LogP contribution in [0.1, 0.15) is 18.5 Å². The van der Waals surface area contributed by atoms with E-state index in [1.54, 1.807) is 20.2 Å². The summed E-state index contributed by atoms with van der Waals surface area (Å²) in [6.45, 7) is 1.92. The van der Waals surface area contributed by atoms with Gasteiger partial charge in [-0.05, 0) is 12.5 Å². The van der Waals surface area contributed by atoms with Crippen molar-refractivity contribution < 1.29 is 9.53 Å². The number of nitrogens with zero attached hydrogens (tertiary/aromatic N) is 2. The van der Waals surface area contributed by atoms with Crippen LogP contribution in [0.15, 0.2) is 36.4 Å². The predicted molar refractivity (Wildman–Crippen MR) is 97.0 cm³/mol. The lowest BCUT2D eigenvalue weighted by Crippen LogP contribution is -2.31. The molecule has 0 aliphatic heterocycles. The number of anilines is 2. The quantitative estimate of drug-likeness (QED) is 0.572. The number of benzene rings is 1. The molecule has 3 aromatic rings. The predicted octanol–water partition coefficient (Wildman–Crippen LogP) is 2.89. The summed E-state index contributed by atoms with van der Waals surface area (Å²) in [4.78, 5) is 16.7. The first kappa shape index (κ1) is 16.6. The number of carbonyl (C=O) groups is 1. The molecule has 1 aromatic carbocycles. The molecule has 1 atom stereocenters. The number of amides is 2. The second-order valence-corrected chi connectivity index (χ2v) is 5.49. The van der Waals surface area contributed by atoms with E-state index in [0.29, 0.717) is 23.0 Å². The Morgan fingerprint density at radius 2 is 2.04 bits per heavy atom. The Morgan fingerprint density at radius 1 is 1.28 bits per heavy atom. The molecular formula is C17H20N6O2. The molecular weight excluding hydrogens is 320 g/mol. The number of methoxy groups -OCH3 is 1. The van der Waals surface area contributed by atoms with E-state index in [9.17, 15) is 4.79 Å². The fourth-order valence-corrected chi connectivity index (χ4v) is 2.58. The number of rotatable bonds is 5. The van der Waals surface area contributed by atoms with Crippen molar-refractivity contribution in [2.24, 2.45) is 0 Å². The van der Waals surface area contributed by atoms with Gasteiger partial charge in [-0.25, -0.2) is 9.78 Å².